The predicted octanol–water partition coefficient (Wildman–Crippen LogP) is -0.0327. The van der Waals surface area contributed by atoms with E-state index in [9.17, 15) is 9.59 Å². The monoisotopic (exact) mass is 246 g/mol. The van der Waals surface area contributed by atoms with Crippen molar-refractivity contribution in [3.8, 4) is 0 Å². The number of carboxylic acid groups (broad SMARTS) is 1. The third-order valence-electron chi connectivity index (χ3n) is 3.04. The Labute approximate surface area is 102 Å². The topological polar surface area (TPSA) is 102 Å². The lowest BCUT2D eigenvalue weighted by atomic mass is 9.74. The summed E-state index contributed by atoms with van der Waals surface area (Å²) in [5, 5.41) is 11.8. The molecule has 0 aliphatic carbocycles. The molecule has 100 valence electrons. The molecule has 4 N–H and O–H groups in total. The highest BCUT2D eigenvalue weighted by Crippen LogP contribution is 2.30. The summed E-state index contributed by atoms with van der Waals surface area (Å²) in [6.07, 6.45) is 0. The summed E-state index contributed by atoms with van der Waals surface area (Å²) in [6.45, 7) is 7.00. The Bertz CT molecular complexity index is 287. The summed E-state index contributed by atoms with van der Waals surface area (Å²) >= 11 is 0. The first-order chi connectivity index (χ1) is 7.65. The van der Waals surface area contributed by atoms with E-state index in [1.807, 2.05) is 0 Å². The lowest BCUT2D eigenvalue weighted by molar-refractivity contribution is -0.152. The zero-order chi connectivity index (χ0) is 13.7. The zero-order valence-corrected chi connectivity index (χ0v) is 10.9. The number of carbonyl (C=O) groups is 2. The van der Waals surface area contributed by atoms with Crippen LogP contribution < -0.4 is 11.1 Å². The molecule has 0 aromatic heterocycles. The molecular formula is C11H22N2O4. The molecule has 0 heterocycles. The van der Waals surface area contributed by atoms with E-state index in [0.29, 0.717) is 13.2 Å². The van der Waals surface area contributed by atoms with Gasteiger partial charge >= 0.3 is 5.97 Å². The van der Waals surface area contributed by atoms with Crippen molar-refractivity contribution >= 4 is 11.9 Å². The standard InChI is InChI=1S/C11H22N2O4/c1-10(2,9(15)16)11(3,4)13-8(14)7-17-6-5-12/h5-7,12H2,1-4H3,(H,13,14)(H,15,16). The fourth-order valence-electron chi connectivity index (χ4n) is 1.06. The van der Waals surface area contributed by atoms with Crippen molar-refractivity contribution in [3.63, 3.8) is 0 Å². The molecule has 0 atom stereocenters. The van der Waals surface area contributed by atoms with E-state index in [4.69, 9.17) is 15.6 Å². The van der Waals surface area contributed by atoms with Crippen molar-refractivity contribution in [2.75, 3.05) is 19.8 Å². The minimum absolute atomic E-state index is 0.115. The average Bonchev–Trinajstić information content (AvgIpc) is 2.16. The van der Waals surface area contributed by atoms with Gasteiger partial charge in [0.1, 0.15) is 6.61 Å². The Morgan fingerprint density at radius 3 is 2.24 bits per heavy atom. The number of rotatable bonds is 7. The van der Waals surface area contributed by atoms with E-state index in [1.54, 1.807) is 27.7 Å². The Hall–Kier alpha value is -1.14. The number of aliphatic carboxylic acids is 1. The first-order valence-electron chi connectivity index (χ1n) is 5.47. The summed E-state index contributed by atoms with van der Waals surface area (Å²) in [5.74, 6) is -1.32. The van der Waals surface area contributed by atoms with E-state index in [1.165, 1.54) is 0 Å². The fraction of sp³-hybridized carbons (Fsp3) is 0.818. The van der Waals surface area contributed by atoms with Crippen LogP contribution in [-0.2, 0) is 14.3 Å². The van der Waals surface area contributed by atoms with Gasteiger partial charge in [-0.2, -0.15) is 0 Å². The number of ether oxygens (including phenoxy) is 1. The van der Waals surface area contributed by atoms with E-state index in [0.717, 1.165) is 0 Å². The Morgan fingerprint density at radius 1 is 1.29 bits per heavy atom. The number of nitrogens with one attached hydrogen (secondary N) is 1. The number of hydrogen-bond donors (Lipinski definition) is 3. The second-order valence-corrected chi connectivity index (χ2v) is 4.94. The van der Waals surface area contributed by atoms with Gasteiger partial charge in [0.25, 0.3) is 0 Å². The first kappa shape index (κ1) is 15.9. The van der Waals surface area contributed by atoms with Gasteiger partial charge in [0.2, 0.25) is 5.91 Å². The average molecular weight is 246 g/mol. The molecule has 0 aliphatic rings. The second-order valence-electron chi connectivity index (χ2n) is 4.94. The first-order valence-corrected chi connectivity index (χ1v) is 5.47. The fourth-order valence-corrected chi connectivity index (χ4v) is 1.06. The highest BCUT2D eigenvalue weighted by Gasteiger charge is 2.44. The quantitative estimate of drug-likeness (QED) is 0.547. The highest BCUT2D eigenvalue weighted by atomic mass is 16.5. The molecule has 0 aliphatic heterocycles. The van der Waals surface area contributed by atoms with Crippen LogP contribution in [0.5, 0.6) is 0 Å². The summed E-state index contributed by atoms with van der Waals surface area (Å²) in [4.78, 5) is 22.6. The van der Waals surface area contributed by atoms with Crippen LogP contribution in [0.3, 0.4) is 0 Å². The molecule has 6 heteroatoms. The van der Waals surface area contributed by atoms with Crippen LogP contribution in [0.1, 0.15) is 27.7 Å². The van der Waals surface area contributed by atoms with E-state index >= 15 is 0 Å². The molecule has 0 aromatic rings. The lowest BCUT2D eigenvalue weighted by Crippen LogP contribution is -2.57. The zero-order valence-electron chi connectivity index (χ0n) is 10.9. The van der Waals surface area contributed by atoms with Gasteiger partial charge in [-0.25, -0.2) is 0 Å². The van der Waals surface area contributed by atoms with Gasteiger partial charge in [0.05, 0.1) is 17.6 Å². The van der Waals surface area contributed by atoms with Gasteiger partial charge in [-0.3, -0.25) is 9.59 Å². The third kappa shape index (κ3) is 4.32. The molecule has 0 unspecified atom stereocenters. The molecule has 0 bridgehead atoms. The van der Waals surface area contributed by atoms with Crippen LogP contribution in [0.2, 0.25) is 0 Å². The van der Waals surface area contributed by atoms with Gasteiger partial charge in [0.15, 0.2) is 0 Å². The molecule has 1 amide bonds. The Balaban J connectivity index is 4.44. The van der Waals surface area contributed by atoms with Crippen molar-refractivity contribution in [3.05, 3.63) is 0 Å². The number of hydrogen-bond acceptors (Lipinski definition) is 4. The molecule has 6 nitrogen and oxygen atoms in total. The Morgan fingerprint density at radius 2 is 1.82 bits per heavy atom. The highest BCUT2D eigenvalue weighted by molar-refractivity contribution is 5.81. The summed E-state index contributed by atoms with van der Waals surface area (Å²) < 4.78 is 4.98. The summed E-state index contributed by atoms with van der Waals surface area (Å²) in [6, 6.07) is 0. The minimum Gasteiger partial charge on any atom is -0.481 e. The van der Waals surface area contributed by atoms with Crippen LogP contribution >= 0.6 is 0 Å². The SMILES string of the molecule is CC(C)(NC(=O)COCCN)C(C)(C)C(=O)O. The molecule has 0 saturated heterocycles. The Kier molecular flexibility index (Phi) is 5.57. The van der Waals surface area contributed by atoms with Crippen molar-refractivity contribution in [1.29, 1.82) is 0 Å². The molecule has 0 rings (SSSR count). The van der Waals surface area contributed by atoms with Crippen LogP contribution in [0.4, 0.5) is 0 Å². The number of carboxylic acids is 1. The molecule has 0 spiro atoms. The van der Waals surface area contributed by atoms with Gasteiger partial charge in [-0.15, -0.1) is 0 Å². The van der Waals surface area contributed by atoms with Gasteiger partial charge in [-0.05, 0) is 27.7 Å². The van der Waals surface area contributed by atoms with E-state index in [2.05, 4.69) is 5.32 Å². The van der Waals surface area contributed by atoms with Crippen molar-refractivity contribution < 1.29 is 19.4 Å². The van der Waals surface area contributed by atoms with Crippen molar-refractivity contribution in [1.82, 2.24) is 5.32 Å². The van der Waals surface area contributed by atoms with Crippen LogP contribution in [0, 0.1) is 5.41 Å². The maximum atomic E-state index is 11.5. The predicted molar refractivity (Wildman–Crippen MR) is 63.5 cm³/mol. The van der Waals surface area contributed by atoms with E-state index < -0.39 is 16.9 Å². The van der Waals surface area contributed by atoms with Gasteiger partial charge in [-0.1, -0.05) is 0 Å². The molecule has 0 saturated carbocycles. The van der Waals surface area contributed by atoms with E-state index in [-0.39, 0.29) is 12.5 Å². The van der Waals surface area contributed by atoms with Crippen LogP contribution in [-0.4, -0.2) is 42.3 Å². The number of nitrogens with two attached hydrogens (primary N) is 1. The van der Waals surface area contributed by atoms with Gasteiger partial charge in [0, 0.05) is 6.54 Å². The summed E-state index contributed by atoms with van der Waals surface area (Å²) in [7, 11) is 0. The third-order valence-corrected chi connectivity index (χ3v) is 3.04. The minimum atomic E-state index is -1.07. The largest absolute Gasteiger partial charge is 0.481 e. The smallest absolute Gasteiger partial charge is 0.311 e. The molecular weight excluding hydrogens is 224 g/mol. The van der Waals surface area contributed by atoms with Crippen LogP contribution in [0.15, 0.2) is 0 Å². The van der Waals surface area contributed by atoms with Crippen molar-refractivity contribution in [2.24, 2.45) is 11.1 Å². The molecule has 0 radical (unpaired) electrons. The summed E-state index contributed by atoms with van der Waals surface area (Å²) in [5.41, 5.74) is 3.27. The normalized spacial score (nSPS) is 12.3. The molecule has 0 fully saturated rings. The molecule has 0 aromatic carbocycles. The molecule has 17 heavy (non-hydrogen) atoms. The lowest BCUT2D eigenvalue weighted by Gasteiger charge is -2.38. The maximum absolute atomic E-state index is 11.5. The van der Waals surface area contributed by atoms with Crippen molar-refractivity contribution in [2.45, 2.75) is 33.2 Å². The second kappa shape index (κ2) is 5.97. The number of carbonyl (C=O) groups excluding carboxylic acids is 1. The number of amides is 1. The maximum Gasteiger partial charge on any atom is 0.311 e. The van der Waals surface area contributed by atoms with Crippen LogP contribution in [0.25, 0.3) is 0 Å². The van der Waals surface area contributed by atoms with Gasteiger partial charge < -0.3 is 20.9 Å².